The summed E-state index contributed by atoms with van der Waals surface area (Å²) in [6.45, 7) is 5.14. The minimum Gasteiger partial charge on any atom is -1.00 e. The minimum atomic E-state index is -1.18. The van der Waals surface area contributed by atoms with Crippen LogP contribution in [0.25, 0.3) is 16.3 Å². The predicted octanol–water partition coefficient (Wildman–Crippen LogP) is -3.20. The maximum atomic E-state index is 9.08. The van der Waals surface area contributed by atoms with E-state index in [4.69, 9.17) is 5.11 Å². The van der Waals surface area contributed by atoms with Gasteiger partial charge in [-0.05, 0) is 24.0 Å². The van der Waals surface area contributed by atoms with Crippen molar-refractivity contribution >= 4 is 34.8 Å². The molecular formula is C18H19Cl2OSiZr. The molecule has 0 aromatic heterocycles. The normalized spacial score (nSPS) is 16.5. The van der Waals surface area contributed by atoms with Crippen LogP contribution in [-0.2, 0) is 26.2 Å². The largest absolute Gasteiger partial charge is 3.00 e. The first-order valence-electron chi connectivity index (χ1n) is 7.37. The zero-order chi connectivity index (χ0) is 13.9. The Kier molecular flexibility index (Phi) is 6.80. The molecule has 0 spiro atoms. The van der Waals surface area contributed by atoms with Gasteiger partial charge in [-0.1, -0.05) is 36.9 Å². The van der Waals surface area contributed by atoms with Crippen LogP contribution in [0.5, 0.6) is 0 Å². The Morgan fingerprint density at radius 2 is 1.96 bits per heavy atom. The van der Waals surface area contributed by atoms with Crippen LogP contribution in [0.1, 0.15) is 18.4 Å². The minimum absolute atomic E-state index is 0. The van der Waals surface area contributed by atoms with Crippen LogP contribution in [0.4, 0.5) is 0 Å². The van der Waals surface area contributed by atoms with Gasteiger partial charge in [0.05, 0.1) is 0 Å². The summed E-state index contributed by atoms with van der Waals surface area (Å²) in [7, 11) is -1.18. The number of rotatable bonds is 3. The molecule has 0 bridgehead atoms. The van der Waals surface area contributed by atoms with E-state index >= 15 is 0 Å². The van der Waals surface area contributed by atoms with Gasteiger partial charge in [0.25, 0.3) is 0 Å². The molecule has 0 saturated carbocycles. The Morgan fingerprint density at radius 3 is 2.65 bits per heavy atom. The molecule has 0 unspecified atom stereocenters. The number of fused-ring (bicyclic) bond motifs is 3. The van der Waals surface area contributed by atoms with E-state index in [1.807, 2.05) is 0 Å². The van der Waals surface area contributed by atoms with Crippen molar-refractivity contribution in [3.63, 3.8) is 0 Å². The van der Waals surface area contributed by atoms with Gasteiger partial charge in [0.2, 0.25) is 0 Å². The van der Waals surface area contributed by atoms with Gasteiger partial charge in [-0.2, -0.15) is 10.4 Å². The molecule has 0 atom stereocenters. The van der Waals surface area contributed by atoms with Crippen LogP contribution in [0.2, 0.25) is 13.1 Å². The Morgan fingerprint density at radius 1 is 1.22 bits per heavy atom. The first kappa shape index (κ1) is 21.0. The summed E-state index contributed by atoms with van der Waals surface area (Å²) in [6, 6.07) is 9.11. The van der Waals surface area contributed by atoms with Crippen LogP contribution in [0.15, 0.2) is 42.0 Å². The van der Waals surface area contributed by atoms with Gasteiger partial charge in [-0.3, -0.25) is 0 Å². The SMILES string of the molecule is C[Si]1(C)c2[cH-]c3cccc(C4=CC(CCO)=CC4)c3c21.[Cl-].[Cl-].[Zr+3]. The van der Waals surface area contributed by atoms with E-state index in [0.717, 1.165) is 12.8 Å². The van der Waals surface area contributed by atoms with Crippen LogP contribution >= 0.6 is 0 Å². The van der Waals surface area contributed by atoms with Crippen molar-refractivity contribution in [2.24, 2.45) is 0 Å². The van der Waals surface area contributed by atoms with E-state index in [2.05, 4.69) is 49.5 Å². The molecule has 5 heteroatoms. The summed E-state index contributed by atoms with van der Waals surface area (Å²) in [4.78, 5) is 0. The van der Waals surface area contributed by atoms with E-state index in [1.54, 1.807) is 10.4 Å². The predicted molar refractivity (Wildman–Crippen MR) is 88.7 cm³/mol. The van der Waals surface area contributed by atoms with Crippen molar-refractivity contribution in [3.8, 4) is 0 Å². The number of hydrogen-bond donors (Lipinski definition) is 1. The third-order valence-corrected chi connectivity index (χ3v) is 8.10. The molecule has 1 nitrogen and oxygen atoms in total. The number of allylic oxidation sites excluding steroid dienone is 3. The Hall–Kier alpha value is -0.0500. The van der Waals surface area contributed by atoms with Gasteiger partial charge in [0, 0.05) is 14.7 Å². The zero-order valence-electron chi connectivity index (χ0n) is 13.3. The molecule has 1 radical (unpaired) electrons. The Labute approximate surface area is 170 Å². The van der Waals surface area contributed by atoms with Gasteiger partial charge < -0.3 is 29.9 Å². The van der Waals surface area contributed by atoms with Gasteiger partial charge in [0.15, 0.2) is 0 Å². The van der Waals surface area contributed by atoms with E-state index in [0.29, 0.717) is 0 Å². The van der Waals surface area contributed by atoms with Gasteiger partial charge in [-0.25, -0.2) is 0 Å². The summed E-state index contributed by atoms with van der Waals surface area (Å²) in [5.74, 6) is 0. The third-order valence-electron chi connectivity index (χ3n) is 4.84. The average Bonchev–Trinajstić information content (AvgIpc) is 2.84. The summed E-state index contributed by atoms with van der Waals surface area (Å²) in [5, 5.41) is 15.3. The molecule has 1 aliphatic heterocycles. The second kappa shape index (κ2) is 7.45. The van der Waals surface area contributed by atoms with Crippen molar-refractivity contribution < 1.29 is 56.1 Å². The quantitative estimate of drug-likeness (QED) is 0.393. The molecule has 0 fully saturated rings. The fourth-order valence-electron chi connectivity index (χ4n) is 3.66. The summed E-state index contributed by atoms with van der Waals surface area (Å²) in [6.07, 6.45) is 6.32. The van der Waals surface area contributed by atoms with Crippen LogP contribution in [0, 0.1) is 0 Å². The molecule has 119 valence electrons. The summed E-state index contributed by atoms with van der Waals surface area (Å²) >= 11 is 0. The molecule has 0 saturated heterocycles. The van der Waals surface area contributed by atoms with Gasteiger partial charge in [0.1, 0.15) is 0 Å². The Bertz CT molecular complexity index is 790. The summed E-state index contributed by atoms with van der Waals surface area (Å²) in [5.41, 5.74) is 4.12. The van der Waals surface area contributed by atoms with Crippen molar-refractivity contribution in [1.29, 1.82) is 0 Å². The summed E-state index contributed by atoms with van der Waals surface area (Å²) < 4.78 is 0. The molecule has 2 aliphatic rings. The molecule has 0 amide bonds. The maximum absolute atomic E-state index is 9.08. The third kappa shape index (κ3) is 3.24. The zero-order valence-corrected chi connectivity index (χ0v) is 18.3. The number of hydrogen-bond acceptors (Lipinski definition) is 1. The fourth-order valence-corrected chi connectivity index (χ4v) is 7.03. The van der Waals surface area contributed by atoms with Crippen LogP contribution in [0.3, 0.4) is 0 Å². The van der Waals surface area contributed by atoms with Gasteiger partial charge >= 0.3 is 26.2 Å². The molecule has 1 heterocycles. The first-order chi connectivity index (χ1) is 9.63. The smallest absolute Gasteiger partial charge is 1.00 e. The number of benzene rings is 1. The van der Waals surface area contributed by atoms with E-state index in [1.165, 1.54) is 27.5 Å². The Balaban J connectivity index is 0.000000882. The molecule has 1 aliphatic carbocycles. The van der Waals surface area contributed by atoms with E-state index < -0.39 is 8.07 Å². The molecule has 23 heavy (non-hydrogen) atoms. The monoisotopic (exact) mass is 439 g/mol. The molecule has 4 rings (SSSR count). The number of aliphatic hydroxyl groups is 1. The number of aliphatic hydroxyl groups excluding tert-OH is 1. The van der Waals surface area contributed by atoms with Crippen LogP contribution < -0.4 is 35.2 Å². The van der Waals surface area contributed by atoms with Crippen molar-refractivity contribution in [2.75, 3.05) is 6.61 Å². The van der Waals surface area contributed by atoms with E-state index in [9.17, 15) is 0 Å². The first-order valence-corrected chi connectivity index (χ1v) is 10.4. The second-order valence-corrected chi connectivity index (χ2v) is 10.7. The standard InChI is InChI=1S/C18H19OSi.2ClH.Zr/c1-20(2)16-11-14-4-3-5-15(17(14)18(16)20)13-7-6-12(10-13)8-9-19;;;/h3-6,10-11,19H,7-9H2,1-2H3;2*1H;/q-1;;;+3/p-2. The fraction of sp³-hybridized carbons (Fsp3) is 0.278. The van der Waals surface area contributed by atoms with Gasteiger partial charge in [-0.15, -0.1) is 29.0 Å². The van der Waals surface area contributed by atoms with Crippen molar-refractivity contribution in [2.45, 2.75) is 25.9 Å². The van der Waals surface area contributed by atoms with E-state index in [-0.39, 0.29) is 57.6 Å². The molecule has 2 aromatic rings. The maximum Gasteiger partial charge on any atom is 3.00 e. The molecular weight excluding hydrogens is 422 g/mol. The number of halogens is 2. The van der Waals surface area contributed by atoms with Crippen molar-refractivity contribution in [3.05, 3.63) is 47.6 Å². The topological polar surface area (TPSA) is 20.2 Å². The van der Waals surface area contributed by atoms with Crippen LogP contribution in [-0.4, -0.2) is 19.8 Å². The van der Waals surface area contributed by atoms with Crippen molar-refractivity contribution in [1.82, 2.24) is 0 Å². The second-order valence-electron chi connectivity index (χ2n) is 6.45. The molecule has 2 aromatic carbocycles. The average molecular weight is 442 g/mol. The molecule has 1 N–H and O–H groups in total.